The molecule has 0 aromatic heterocycles. The summed E-state index contributed by atoms with van der Waals surface area (Å²) in [6.07, 6.45) is 5.38. The normalized spacial score (nSPS) is 18.9. The highest BCUT2D eigenvalue weighted by molar-refractivity contribution is 4.80. The van der Waals surface area contributed by atoms with Crippen molar-refractivity contribution in [1.29, 1.82) is 0 Å². The Kier molecular flexibility index (Phi) is 5.49. The van der Waals surface area contributed by atoms with E-state index in [4.69, 9.17) is 0 Å². The topological polar surface area (TPSA) is 15.3 Å². The maximum atomic E-state index is 3.57. The minimum absolute atomic E-state index is 0.751. The summed E-state index contributed by atoms with van der Waals surface area (Å²) in [6.45, 7) is 10.5. The molecule has 0 spiro atoms. The molecule has 14 heavy (non-hydrogen) atoms. The van der Waals surface area contributed by atoms with E-state index in [9.17, 15) is 0 Å². The molecular weight excluding hydrogens is 172 g/mol. The summed E-state index contributed by atoms with van der Waals surface area (Å²) in [4.78, 5) is 2.58. The van der Waals surface area contributed by atoms with Crippen LogP contribution in [0.2, 0.25) is 0 Å². The van der Waals surface area contributed by atoms with Gasteiger partial charge >= 0.3 is 0 Å². The minimum atomic E-state index is 0.751. The molecule has 0 heterocycles. The zero-order valence-corrected chi connectivity index (χ0v) is 10.1. The fourth-order valence-electron chi connectivity index (χ4n) is 1.82. The second kappa shape index (κ2) is 6.41. The molecule has 1 fully saturated rings. The van der Waals surface area contributed by atoms with Gasteiger partial charge in [-0.1, -0.05) is 13.8 Å². The Labute approximate surface area is 89.1 Å². The van der Waals surface area contributed by atoms with Gasteiger partial charge in [-0.25, -0.2) is 0 Å². The van der Waals surface area contributed by atoms with Crippen molar-refractivity contribution in [3.05, 3.63) is 0 Å². The van der Waals surface area contributed by atoms with E-state index in [2.05, 4.69) is 31.0 Å². The molecule has 2 heteroatoms. The van der Waals surface area contributed by atoms with E-state index < -0.39 is 0 Å². The molecule has 1 atom stereocenters. The molecule has 0 radical (unpaired) electrons. The number of nitrogens with zero attached hydrogens (tertiary/aromatic N) is 1. The van der Waals surface area contributed by atoms with Gasteiger partial charge in [-0.2, -0.15) is 0 Å². The van der Waals surface area contributed by atoms with Crippen LogP contribution in [0.3, 0.4) is 0 Å². The third kappa shape index (κ3) is 4.43. The lowest BCUT2D eigenvalue weighted by molar-refractivity contribution is 0.211. The Morgan fingerprint density at radius 1 is 1.36 bits per heavy atom. The van der Waals surface area contributed by atoms with Crippen molar-refractivity contribution in [2.24, 2.45) is 0 Å². The Morgan fingerprint density at radius 3 is 2.57 bits per heavy atom. The molecule has 1 N–H and O–H groups in total. The molecule has 0 saturated heterocycles. The van der Waals surface area contributed by atoms with Crippen molar-refractivity contribution in [3.8, 4) is 0 Å². The zero-order chi connectivity index (χ0) is 10.4. The second-order valence-corrected chi connectivity index (χ2v) is 4.47. The summed E-state index contributed by atoms with van der Waals surface area (Å²) in [5.74, 6) is 0. The van der Waals surface area contributed by atoms with Crippen LogP contribution in [0.5, 0.6) is 0 Å². The van der Waals surface area contributed by atoms with Crippen LogP contribution in [0, 0.1) is 0 Å². The smallest absolute Gasteiger partial charge is 0.00682 e. The van der Waals surface area contributed by atoms with Gasteiger partial charge in [-0.3, -0.25) is 0 Å². The number of rotatable bonds is 8. The lowest BCUT2D eigenvalue weighted by atomic mass is 10.2. The van der Waals surface area contributed by atoms with Crippen LogP contribution in [0.15, 0.2) is 0 Å². The van der Waals surface area contributed by atoms with Crippen molar-refractivity contribution < 1.29 is 0 Å². The molecule has 1 saturated carbocycles. The van der Waals surface area contributed by atoms with E-state index in [1.165, 1.54) is 45.3 Å². The van der Waals surface area contributed by atoms with Crippen molar-refractivity contribution >= 4 is 0 Å². The summed E-state index contributed by atoms with van der Waals surface area (Å²) in [5.41, 5.74) is 0. The molecule has 0 bridgehead atoms. The molecule has 0 amide bonds. The van der Waals surface area contributed by atoms with Crippen LogP contribution < -0.4 is 5.32 Å². The van der Waals surface area contributed by atoms with E-state index in [0.29, 0.717) is 0 Å². The molecule has 84 valence electrons. The molecular formula is C12H26N2. The maximum Gasteiger partial charge on any atom is 0.00682 e. The summed E-state index contributed by atoms with van der Waals surface area (Å²) < 4.78 is 0. The molecule has 1 rings (SSSR count). The Bertz CT molecular complexity index is 143. The van der Waals surface area contributed by atoms with Crippen LogP contribution in [-0.4, -0.2) is 36.6 Å². The lowest BCUT2D eigenvalue weighted by Crippen LogP contribution is -2.34. The van der Waals surface area contributed by atoms with Crippen LogP contribution in [-0.2, 0) is 0 Å². The van der Waals surface area contributed by atoms with Gasteiger partial charge in [0.2, 0.25) is 0 Å². The van der Waals surface area contributed by atoms with Gasteiger partial charge in [-0.15, -0.1) is 0 Å². The average Bonchev–Trinajstić information content (AvgIpc) is 3.01. The van der Waals surface area contributed by atoms with Gasteiger partial charge in [0.05, 0.1) is 0 Å². The first-order valence-corrected chi connectivity index (χ1v) is 6.25. The number of hydrogen-bond donors (Lipinski definition) is 1. The fourth-order valence-corrected chi connectivity index (χ4v) is 1.82. The van der Waals surface area contributed by atoms with E-state index in [0.717, 1.165) is 12.1 Å². The van der Waals surface area contributed by atoms with Gasteiger partial charge in [-0.05, 0) is 52.2 Å². The largest absolute Gasteiger partial charge is 0.314 e. The molecule has 0 aromatic carbocycles. The number of hydrogen-bond acceptors (Lipinski definition) is 2. The van der Waals surface area contributed by atoms with E-state index in [1.54, 1.807) is 0 Å². The van der Waals surface area contributed by atoms with Gasteiger partial charge in [0, 0.05) is 12.1 Å². The third-order valence-electron chi connectivity index (χ3n) is 3.25. The third-order valence-corrected chi connectivity index (χ3v) is 3.25. The average molecular weight is 198 g/mol. The predicted molar refractivity (Wildman–Crippen MR) is 62.6 cm³/mol. The van der Waals surface area contributed by atoms with Crippen LogP contribution in [0.25, 0.3) is 0 Å². The first-order chi connectivity index (χ1) is 6.77. The maximum absolute atomic E-state index is 3.57. The van der Waals surface area contributed by atoms with Gasteiger partial charge in [0.1, 0.15) is 0 Å². The molecule has 1 aliphatic rings. The van der Waals surface area contributed by atoms with E-state index >= 15 is 0 Å². The molecule has 0 aliphatic heterocycles. The van der Waals surface area contributed by atoms with E-state index in [1.807, 2.05) is 0 Å². The van der Waals surface area contributed by atoms with Gasteiger partial charge in [0.25, 0.3) is 0 Å². The molecule has 1 unspecified atom stereocenters. The Morgan fingerprint density at radius 2 is 2.07 bits per heavy atom. The monoisotopic (exact) mass is 198 g/mol. The van der Waals surface area contributed by atoms with Crippen LogP contribution >= 0.6 is 0 Å². The lowest BCUT2D eigenvalue weighted by Gasteiger charge is -2.26. The van der Waals surface area contributed by atoms with Gasteiger partial charge < -0.3 is 10.2 Å². The van der Waals surface area contributed by atoms with Crippen molar-refractivity contribution in [1.82, 2.24) is 10.2 Å². The molecule has 1 aliphatic carbocycles. The van der Waals surface area contributed by atoms with Crippen LogP contribution in [0.1, 0.15) is 46.5 Å². The fraction of sp³-hybridized carbons (Fsp3) is 1.00. The zero-order valence-electron chi connectivity index (χ0n) is 10.1. The SMILES string of the molecule is CCC(C)N(CC)CCCNC1CC1. The standard InChI is InChI=1S/C12H26N2/c1-4-11(3)14(5-2)10-6-9-13-12-7-8-12/h11-13H,4-10H2,1-3H3. The summed E-state index contributed by atoms with van der Waals surface area (Å²) in [6, 6.07) is 1.62. The Balaban J connectivity index is 2.00. The van der Waals surface area contributed by atoms with Crippen molar-refractivity contribution in [3.63, 3.8) is 0 Å². The molecule has 2 nitrogen and oxygen atoms in total. The first kappa shape index (κ1) is 12.0. The van der Waals surface area contributed by atoms with Crippen LogP contribution in [0.4, 0.5) is 0 Å². The highest BCUT2D eigenvalue weighted by atomic mass is 15.1. The highest BCUT2D eigenvalue weighted by Crippen LogP contribution is 2.18. The molecule has 0 aromatic rings. The van der Waals surface area contributed by atoms with E-state index in [-0.39, 0.29) is 0 Å². The summed E-state index contributed by atoms with van der Waals surface area (Å²) >= 11 is 0. The number of nitrogens with one attached hydrogen (secondary N) is 1. The Hall–Kier alpha value is -0.0800. The first-order valence-electron chi connectivity index (χ1n) is 6.25. The minimum Gasteiger partial charge on any atom is -0.314 e. The van der Waals surface area contributed by atoms with Gasteiger partial charge in [0.15, 0.2) is 0 Å². The second-order valence-electron chi connectivity index (χ2n) is 4.47. The summed E-state index contributed by atoms with van der Waals surface area (Å²) in [7, 11) is 0. The summed E-state index contributed by atoms with van der Waals surface area (Å²) in [5, 5.41) is 3.57. The predicted octanol–water partition coefficient (Wildman–Crippen LogP) is 2.25. The quantitative estimate of drug-likeness (QED) is 0.602. The van der Waals surface area contributed by atoms with Crippen molar-refractivity contribution in [2.45, 2.75) is 58.5 Å². The highest BCUT2D eigenvalue weighted by Gasteiger charge is 2.19. The van der Waals surface area contributed by atoms with Crippen molar-refractivity contribution in [2.75, 3.05) is 19.6 Å².